The molecule has 2 nitrogen and oxygen atoms in total. The SMILES string of the molecule is C1=NC(c2csc(-c3ccccc3)n2)=CCC1. The Labute approximate surface area is 104 Å². The molecule has 2 heterocycles. The number of benzene rings is 1. The lowest BCUT2D eigenvalue weighted by Gasteiger charge is -2.02. The van der Waals surface area contributed by atoms with E-state index < -0.39 is 0 Å². The minimum Gasteiger partial charge on any atom is -0.259 e. The van der Waals surface area contributed by atoms with E-state index in [1.807, 2.05) is 24.4 Å². The second-order valence-electron chi connectivity index (χ2n) is 3.88. The highest BCUT2D eigenvalue weighted by Crippen LogP contribution is 2.27. The maximum absolute atomic E-state index is 4.64. The van der Waals surface area contributed by atoms with Gasteiger partial charge < -0.3 is 0 Å². The average molecular weight is 240 g/mol. The number of thiazole rings is 1. The highest BCUT2D eigenvalue weighted by Gasteiger charge is 2.08. The Bertz CT molecular complexity index is 567. The Morgan fingerprint density at radius 2 is 1.94 bits per heavy atom. The summed E-state index contributed by atoms with van der Waals surface area (Å²) in [6.07, 6.45) is 6.23. The van der Waals surface area contributed by atoms with Crippen molar-refractivity contribution in [2.75, 3.05) is 0 Å². The molecule has 0 radical (unpaired) electrons. The average Bonchev–Trinajstić information content (AvgIpc) is 2.90. The summed E-state index contributed by atoms with van der Waals surface area (Å²) in [6.45, 7) is 0. The Kier molecular flexibility index (Phi) is 2.84. The molecule has 0 unspecified atom stereocenters. The predicted molar refractivity (Wildman–Crippen MR) is 73.3 cm³/mol. The van der Waals surface area contributed by atoms with Crippen LogP contribution in [0.1, 0.15) is 18.5 Å². The molecule has 2 aromatic rings. The largest absolute Gasteiger partial charge is 0.259 e. The molecule has 1 aliphatic heterocycles. The molecule has 0 aliphatic carbocycles. The van der Waals surface area contributed by atoms with Crippen molar-refractivity contribution in [1.29, 1.82) is 0 Å². The molecular formula is C14H12N2S. The normalized spacial score (nSPS) is 14.7. The Morgan fingerprint density at radius 3 is 2.71 bits per heavy atom. The molecule has 3 rings (SSSR count). The van der Waals surface area contributed by atoms with Crippen LogP contribution in [0.15, 0.2) is 46.8 Å². The van der Waals surface area contributed by atoms with Gasteiger partial charge >= 0.3 is 0 Å². The fourth-order valence-corrected chi connectivity index (χ4v) is 2.61. The predicted octanol–water partition coefficient (Wildman–Crippen LogP) is 4.02. The zero-order valence-corrected chi connectivity index (χ0v) is 10.2. The van der Waals surface area contributed by atoms with Crippen LogP contribution in [-0.4, -0.2) is 11.2 Å². The summed E-state index contributed by atoms with van der Waals surface area (Å²) in [5.41, 5.74) is 3.17. The van der Waals surface area contributed by atoms with Crippen molar-refractivity contribution in [3.63, 3.8) is 0 Å². The molecule has 1 aromatic carbocycles. The number of aliphatic imine (C=N–C) groups is 1. The van der Waals surface area contributed by atoms with Crippen molar-refractivity contribution in [3.05, 3.63) is 47.5 Å². The molecule has 0 N–H and O–H groups in total. The zero-order chi connectivity index (χ0) is 11.5. The van der Waals surface area contributed by atoms with Crippen LogP contribution in [0.5, 0.6) is 0 Å². The van der Waals surface area contributed by atoms with Gasteiger partial charge in [-0.3, -0.25) is 4.99 Å². The second-order valence-corrected chi connectivity index (χ2v) is 4.74. The van der Waals surface area contributed by atoms with Gasteiger partial charge in [0.1, 0.15) is 5.01 Å². The first-order valence-electron chi connectivity index (χ1n) is 5.67. The van der Waals surface area contributed by atoms with E-state index in [1.165, 1.54) is 5.56 Å². The van der Waals surface area contributed by atoms with Crippen molar-refractivity contribution >= 4 is 23.2 Å². The summed E-state index contributed by atoms with van der Waals surface area (Å²) in [5, 5.41) is 3.14. The fourth-order valence-electron chi connectivity index (χ4n) is 1.79. The van der Waals surface area contributed by atoms with Crippen LogP contribution in [0, 0.1) is 0 Å². The molecule has 0 saturated carbocycles. The van der Waals surface area contributed by atoms with Crippen molar-refractivity contribution < 1.29 is 0 Å². The number of aromatic nitrogens is 1. The topological polar surface area (TPSA) is 25.2 Å². The van der Waals surface area contributed by atoms with Gasteiger partial charge in [-0.1, -0.05) is 36.4 Å². The Morgan fingerprint density at radius 1 is 1.06 bits per heavy atom. The molecule has 0 saturated heterocycles. The minimum absolute atomic E-state index is 0.991. The monoisotopic (exact) mass is 240 g/mol. The highest BCUT2D eigenvalue weighted by atomic mass is 32.1. The summed E-state index contributed by atoms with van der Waals surface area (Å²) >= 11 is 1.67. The summed E-state index contributed by atoms with van der Waals surface area (Å²) in [6, 6.07) is 10.3. The molecule has 0 spiro atoms. The molecular weight excluding hydrogens is 228 g/mol. The van der Waals surface area contributed by atoms with Gasteiger partial charge in [0, 0.05) is 17.2 Å². The summed E-state index contributed by atoms with van der Waals surface area (Å²) in [5.74, 6) is 0. The zero-order valence-electron chi connectivity index (χ0n) is 9.34. The first kappa shape index (κ1) is 10.4. The lowest BCUT2D eigenvalue weighted by molar-refractivity contribution is 1.09. The van der Waals surface area contributed by atoms with E-state index in [1.54, 1.807) is 11.3 Å². The number of hydrogen-bond acceptors (Lipinski definition) is 3. The number of nitrogens with zero attached hydrogens (tertiary/aromatic N) is 2. The Hall–Kier alpha value is -1.74. The van der Waals surface area contributed by atoms with Crippen LogP contribution >= 0.6 is 11.3 Å². The van der Waals surface area contributed by atoms with Crippen LogP contribution in [0.2, 0.25) is 0 Å². The van der Waals surface area contributed by atoms with Gasteiger partial charge in [-0.2, -0.15) is 0 Å². The first-order valence-corrected chi connectivity index (χ1v) is 6.55. The molecule has 3 heteroatoms. The number of rotatable bonds is 2. The third kappa shape index (κ3) is 2.19. The van der Waals surface area contributed by atoms with E-state index in [-0.39, 0.29) is 0 Å². The van der Waals surface area contributed by atoms with E-state index in [0.717, 1.165) is 29.2 Å². The maximum atomic E-state index is 4.64. The van der Waals surface area contributed by atoms with Crippen LogP contribution in [-0.2, 0) is 0 Å². The van der Waals surface area contributed by atoms with E-state index in [9.17, 15) is 0 Å². The van der Waals surface area contributed by atoms with Gasteiger partial charge in [0.25, 0.3) is 0 Å². The van der Waals surface area contributed by atoms with E-state index >= 15 is 0 Å². The third-order valence-corrected chi connectivity index (χ3v) is 3.54. The molecule has 1 aliphatic rings. The van der Waals surface area contributed by atoms with Crippen molar-refractivity contribution in [2.24, 2.45) is 4.99 Å². The highest BCUT2D eigenvalue weighted by molar-refractivity contribution is 7.13. The third-order valence-electron chi connectivity index (χ3n) is 2.65. The van der Waals surface area contributed by atoms with Gasteiger partial charge in [0.15, 0.2) is 0 Å². The molecule has 0 amide bonds. The maximum Gasteiger partial charge on any atom is 0.124 e. The summed E-state index contributed by atoms with van der Waals surface area (Å²) in [4.78, 5) is 9.03. The van der Waals surface area contributed by atoms with Crippen LogP contribution in [0.3, 0.4) is 0 Å². The summed E-state index contributed by atoms with van der Waals surface area (Å²) < 4.78 is 0. The van der Waals surface area contributed by atoms with Crippen LogP contribution in [0.4, 0.5) is 0 Å². The van der Waals surface area contributed by atoms with Gasteiger partial charge in [0.05, 0.1) is 11.4 Å². The lowest BCUT2D eigenvalue weighted by atomic mass is 10.2. The quantitative estimate of drug-likeness (QED) is 0.778. The van der Waals surface area contributed by atoms with Gasteiger partial charge in [-0.15, -0.1) is 11.3 Å². The number of allylic oxidation sites excluding steroid dienone is 1. The first-order chi connectivity index (χ1) is 8.43. The fraction of sp³-hybridized carbons (Fsp3) is 0.143. The molecule has 0 bridgehead atoms. The van der Waals surface area contributed by atoms with Crippen molar-refractivity contribution in [2.45, 2.75) is 12.8 Å². The summed E-state index contributed by atoms with van der Waals surface area (Å²) in [7, 11) is 0. The van der Waals surface area contributed by atoms with Crippen LogP contribution < -0.4 is 0 Å². The van der Waals surface area contributed by atoms with Gasteiger partial charge in [-0.25, -0.2) is 4.98 Å². The van der Waals surface area contributed by atoms with E-state index in [0.29, 0.717) is 0 Å². The van der Waals surface area contributed by atoms with Crippen LogP contribution in [0.25, 0.3) is 16.3 Å². The Balaban J connectivity index is 1.93. The molecule has 84 valence electrons. The van der Waals surface area contributed by atoms with Gasteiger partial charge in [-0.05, 0) is 12.8 Å². The molecule has 1 aromatic heterocycles. The smallest absolute Gasteiger partial charge is 0.124 e. The molecule has 0 fully saturated rings. The molecule has 0 atom stereocenters. The van der Waals surface area contributed by atoms with E-state index in [2.05, 4.69) is 33.6 Å². The van der Waals surface area contributed by atoms with Crippen molar-refractivity contribution in [3.8, 4) is 10.6 Å². The van der Waals surface area contributed by atoms with E-state index in [4.69, 9.17) is 0 Å². The van der Waals surface area contributed by atoms with Gasteiger partial charge in [0.2, 0.25) is 0 Å². The second kappa shape index (κ2) is 4.63. The van der Waals surface area contributed by atoms with Crippen molar-refractivity contribution in [1.82, 2.24) is 4.98 Å². The standard InChI is InChI=1S/C14H12N2S/c1-2-6-11(7-3-1)14-16-13(10-17-14)12-8-4-5-9-15-12/h1-3,6-10H,4-5H2. The number of hydrogen-bond donors (Lipinski definition) is 0. The molecule has 17 heavy (non-hydrogen) atoms. The lowest BCUT2D eigenvalue weighted by Crippen LogP contribution is -1.89. The minimum atomic E-state index is 0.991.